The smallest absolute Gasteiger partial charge is 0.256 e. The average molecular weight is 306 g/mol. The summed E-state index contributed by atoms with van der Waals surface area (Å²) in [6.07, 6.45) is 5.46. The zero-order valence-electron chi connectivity index (χ0n) is 11.6. The standard InChI is InChI=1S/C14H15FN4OS/c1-21-14-17-12-2-3-19(8-11(12)13(20)18-14)7-9-4-10(15)6-16-5-9/h4-6H,2-3,7-8H2,1H3,(H,17,18,20). The van der Waals surface area contributed by atoms with Gasteiger partial charge in [-0.25, -0.2) is 9.37 Å². The highest BCUT2D eigenvalue weighted by atomic mass is 32.2. The molecule has 0 atom stereocenters. The Morgan fingerprint density at radius 1 is 1.48 bits per heavy atom. The first-order chi connectivity index (χ1) is 10.2. The second kappa shape index (κ2) is 5.95. The van der Waals surface area contributed by atoms with Crippen molar-refractivity contribution in [1.29, 1.82) is 0 Å². The van der Waals surface area contributed by atoms with Crippen molar-refractivity contribution in [1.82, 2.24) is 19.9 Å². The van der Waals surface area contributed by atoms with E-state index in [9.17, 15) is 9.18 Å². The van der Waals surface area contributed by atoms with Crippen molar-refractivity contribution >= 4 is 11.8 Å². The van der Waals surface area contributed by atoms with Gasteiger partial charge in [-0.3, -0.25) is 14.7 Å². The summed E-state index contributed by atoms with van der Waals surface area (Å²) in [4.78, 5) is 25.3. The summed E-state index contributed by atoms with van der Waals surface area (Å²) in [5.74, 6) is -0.339. The van der Waals surface area contributed by atoms with Gasteiger partial charge in [0, 0.05) is 32.3 Å². The molecule has 0 saturated carbocycles. The molecule has 21 heavy (non-hydrogen) atoms. The summed E-state index contributed by atoms with van der Waals surface area (Å²) in [5, 5.41) is 0.654. The highest BCUT2D eigenvalue weighted by molar-refractivity contribution is 7.98. The van der Waals surface area contributed by atoms with Crippen LogP contribution in [0.1, 0.15) is 16.8 Å². The van der Waals surface area contributed by atoms with Gasteiger partial charge in [-0.2, -0.15) is 0 Å². The highest BCUT2D eigenvalue weighted by Crippen LogP contribution is 2.18. The molecule has 1 N–H and O–H groups in total. The zero-order valence-corrected chi connectivity index (χ0v) is 12.4. The van der Waals surface area contributed by atoms with Gasteiger partial charge in [0.2, 0.25) is 0 Å². The minimum absolute atomic E-state index is 0.0774. The lowest BCUT2D eigenvalue weighted by atomic mass is 10.1. The van der Waals surface area contributed by atoms with Gasteiger partial charge >= 0.3 is 0 Å². The fraction of sp³-hybridized carbons (Fsp3) is 0.357. The summed E-state index contributed by atoms with van der Waals surface area (Å²) in [6, 6.07) is 1.47. The molecule has 0 radical (unpaired) electrons. The fourth-order valence-corrected chi connectivity index (χ4v) is 2.89. The van der Waals surface area contributed by atoms with Gasteiger partial charge in [-0.1, -0.05) is 11.8 Å². The second-order valence-electron chi connectivity index (χ2n) is 4.97. The molecule has 2 aromatic heterocycles. The molecular weight excluding hydrogens is 291 g/mol. The number of hydrogen-bond donors (Lipinski definition) is 1. The maximum absolute atomic E-state index is 13.2. The van der Waals surface area contributed by atoms with E-state index in [1.165, 1.54) is 24.0 Å². The molecule has 1 aliphatic heterocycles. The minimum Gasteiger partial charge on any atom is -0.301 e. The molecule has 0 bridgehead atoms. The van der Waals surface area contributed by atoms with Crippen LogP contribution in [0.3, 0.4) is 0 Å². The third-order valence-corrected chi connectivity index (χ3v) is 4.07. The Bertz CT molecular complexity index is 718. The van der Waals surface area contributed by atoms with Crippen LogP contribution >= 0.6 is 11.8 Å². The lowest BCUT2D eigenvalue weighted by Gasteiger charge is -2.27. The van der Waals surface area contributed by atoms with Crippen LogP contribution in [-0.4, -0.2) is 32.7 Å². The van der Waals surface area contributed by atoms with Crippen LogP contribution in [0.15, 0.2) is 28.4 Å². The number of nitrogens with zero attached hydrogens (tertiary/aromatic N) is 3. The van der Waals surface area contributed by atoms with Crippen LogP contribution in [0.25, 0.3) is 0 Å². The van der Waals surface area contributed by atoms with Gasteiger partial charge in [-0.05, 0) is 17.9 Å². The van der Waals surface area contributed by atoms with Crippen molar-refractivity contribution in [2.75, 3.05) is 12.8 Å². The summed E-state index contributed by atoms with van der Waals surface area (Å²) in [7, 11) is 0. The van der Waals surface area contributed by atoms with Gasteiger partial charge < -0.3 is 4.98 Å². The van der Waals surface area contributed by atoms with Crippen molar-refractivity contribution in [2.45, 2.75) is 24.7 Å². The van der Waals surface area contributed by atoms with E-state index in [-0.39, 0.29) is 11.4 Å². The molecule has 110 valence electrons. The first-order valence-electron chi connectivity index (χ1n) is 6.63. The lowest BCUT2D eigenvalue weighted by Crippen LogP contribution is -2.35. The molecule has 0 spiro atoms. The normalized spacial score (nSPS) is 15.0. The van der Waals surface area contributed by atoms with E-state index < -0.39 is 0 Å². The Labute approximate surface area is 125 Å². The molecule has 0 amide bonds. The molecule has 0 unspecified atom stereocenters. The molecule has 0 saturated heterocycles. The monoisotopic (exact) mass is 306 g/mol. The van der Waals surface area contributed by atoms with Crippen molar-refractivity contribution in [3.63, 3.8) is 0 Å². The molecule has 3 rings (SSSR count). The lowest BCUT2D eigenvalue weighted by molar-refractivity contribution is 0.240. The van der Waals surface area contributed by atoms with E-state index in [0.29, 0.717) is 23.8 Å². The quantitative estimate of drug-likeness (QED) is 0.689. The molecule has 2 aromatic rings. The Kier molecular flexibility index (Phi) is 4.03. The van der Waals surface area contributed by atoms with Gasteiger partial charge in [-0.15, -0.1) is 0 Å². The number of thioether (sulfide) groups is 1. The maximum Gasteiger partial charge on any atom is 0.256 e. The van der Waals surface area contributed by atoms with Crippen LogP contribution in [0.5, 0.6) is 0 Å². The molecule has 7 heteroatoms. The van der Waals surface area contributed by atoms with Crippen molar-refractivity contribution in [3.8, 4) is 0 Å². The van der Waals surface area contributed by atoms with E-state index in [1.54, 1.807) is 6.20 Å². The SMILES string of the molecule is CSc1nc2c(c(=O)[nH]1)CN(Cc1cncc(F)c1)CC2. The van der Waals surface area contributed by atoms with Crippen molar-refractivity contribution in [2.24, 2.45) is 0 Å². The predicted octanol–water partition coefficient (Wildman–Crippen LogP) is 1.58. The number of halogens is 1. The first-order valence-corrected chi connectivity index (χ1v) is 7.86. The minimum atomic E-state index is -0.339. The van der Waals surface area contributed by atoms with Gasteiger partial charge in [0.25, 0.3) is 5.56 Å². The number of fused-ring (bicyclic) bond motifs is 1. The number of aromatic amines is 1. The van der Waals surface area contributed by atoms with E-state index in [1.807, 2.05) is 6.26 Å². The third kappa shape index (κ3) is 3.14. The number of nitrogens with one attached hydrogen (secondary N) is 1. The molecule has 1 aliphatic rings. The second-order valence-corrected chi connectivity index (χ2v) is 5.77. The fourth-order valence-electron chi connectivity index (χ4n) is 2.49. The van der Waals surface area contributed by atoms with Crippen LogP contribution in [-0.2, 0) is 19.5 Å². The molecular formula is C14H15FN4OS. The summed E-state index contributed by atoms with van der Waals surface area (Å²) in [6.45, 7) is 1.91. The average Bonchev–Trinajstić information content (AvgIpc) is 2.47. The molecule has 3 heterocycles. The first kappa shape index (κ1) is 14.2. The summed E-state index contributed by atoms with van der Waals surface area (Å²) in [5.41, 5.74) is 2.31. The largest absolute Gasteiger partial charge is 0.301 e. The molecule has 0 fully saturated rings. The highest BCUT2D eigenvalue weighted by Gasteiger charge is 2.21. The van der Waals surface area contributed by atoms with Crippen LogP contribution < -0.4 is 5.56 Å². The Balaban J connectivity index is 1.80. The van der Waals surface area contributed by atoms with Gasteiger partial charge in [0.05, 0.1) is 17.5 Å². The molecule has 0 aliphatic carbocycles. The van der Waals surface area contributed by atoms with E-state index >= 15 is 0 Å². The van der Waals surface area contributed by atoms with Gasteiger partial charge in [0.15, 0.2) is 5.16 Å². The number of pyridine rings is 1. The summed E-state index contributed by atoms with van der Waals surface area (Å²) < 4.78 is 13.2. The Morgan fingerprint density at radius 2 is 2.33 bits per heavy atom. The van der Waals surface area contributed by atoms with Crippen LogP contribution in [0.2, 0.25) is 0 Å². The van der Waals surface area contributed by atoms with E-state index in [0.717, 1.165) is 24.2 Å². The summed E-state index contributed by atoms with van der Waals surface area (Å²) >= 11 is 1.43. The maximum atomic E-state index is 13.2. The Morgan fingerprint density at radius 3 is 3.10 bits per heavy atom. The van der Waals surface area contributed by atoms with E-state index in [4.69, 9.17) is 0 Å². The number of rotatable bonds is 3. The molecule has 5 nitrogen and oxygen atoms in total. The van der Waals surface area contributed by atoms with Gasteiger partial charge in [0.1, 0.15) is 5.82 Å². The number of aromatic nitrogens is 3. The van der Waals surface area contributed by atoms with Crippen LogP contribution in [0, 0.1) is 5.82 Å². The van der Waals surface area contributed by atoms with Crippen LogP contribution in [0.4, 0.5) is 4.39 Å². The third-order valence-electron chi connectivity index (χ3n) is 3.49. The Hall–Kier alpha value is -1.73. The van der Waals surface area contributed by atoms with Crippen molar-refractivity contribution in [3.05, 3.63) is 51.5 Å². The van der Waals surface area contributed by atoms with E-state index in [2.05, 4.69) is 19.9 Å². The number of H-pyrrole nitrogens is 1. The zero-order chi connectivity index (χ0) is 14.8. The van der Waals surface area contributed by atoms with Crippen molar-refractivity contribution < 1.29 is 4.39 Å². The topological polar surface area (TPSA) is 61.9 Å². The predicted molar refractivity (Wildman–Crippen MR) is 78.7 cm³/mol. The molecule has 0 aromatic carbocycles. The number of hydrogen-bond acceptors (Lipinski definition) is 5.